The molecule has 0 aliphatic carbocycles. The van der Waals surface area contributed by atoms with Gasteiger partial charge in [-0.2, -0.15) is 0 Å². The summed E-state index contributed by atoms with van der Waals surface area (Å²) >= 11 is 1.62. The van der Waals surface area contributed by atoms with Gasteiger partial charge in [0, 0.05) is 18.6 Å². The van der Waals surface area contributed by atoms with Crippen molar-refractivity contribution in [3.05, 3.63) is 40.8 Å². The van der Waals surface area contributed by atoms with Crippen molar-refractivity contribution in [1.82, 2.24) is 10.2 Å². The summed E-state index contributed by atoms with van der Waals surface area (Å²) in [6.45, 7) is 5.43. The van der Waals surface area contributed by atoms with E-state index in [-0.39, 0.29) is 12.4 Å². The highest BCUT2D eigenvalue weighted by atomic mass is 35.5. The number of hydrogen-bond donors (Lipinski definition) is 1. The number of thioether (sulfide) groups is 1. The predicted octanol–water partition coefficient (Wildman–Crippen LogP) is -0.619. The molecule has 1 fully saturated rings. The maximum atomic E-state index is 5.77. The highest BCUT2D eigenvalue weighted by molar-refractivity contribution is 7.98. The van der Waals surface area contributed by atoms with E-state index < -0.39 is 0 Å². The van der Waals surface area contributed by atoms with Crippen molar-refractivity contribution in [2.24, 2.45) is 0 Å². The molecule has 6 heteroatoms. The summed E-state index contributed by atoms with van der Waals surface area (Å²) in [7, 11) is 0. The van der Waals surface area contributed by atoms with E-state index >= 15 is 0 Å². The number of aromatic nitrogens is 2. The van der Waals surface area contributed by atoms with Gasteiger partial charge >= 0.3 is 0 Å². The number of halogens is 1. The average Bonchev–Trinajstić information content (AvgIpc) is 3.09. The van der Waals surface area contributed by atoms with Crippen molar-refractivity contribution in [1.29, 1.82) is 0 Å². The van der Waals surface area contributed by atoms with Crippen LogP contribution in [0.2, 0.25) is 0 Å². The number of rotatable bonds is 4. The van der Waals surface area contributed by atoms with E-state index in [4.69, 9.17) is 4.42 Å². The minimum atomic E-state index is 0. The van der Waals surface area contributed by atoms with E-state index in [1.165, 1.54) is 23.1 Å². The molecule has 114 valence electrons. The first-order valence-electron chi connectivity index (χ1n) is 7.08. The van der Waals surface area contributed by atoms with Crippen molar-refractivity contribution in [2.75, 3.05) is 6.54 Å². The number of benzene rings is 1. The minimum Gasteiger partial charge on any atom is -1.00 e. The molecule has 3 rings (SSSR count). The molecule has 21 heavy (non-hydrogen) atoms. The zero-order valence-corrected chi connectivity index (χ0v) is 13.9. The maximum Gasteiger partial charge on any atom is 0.277 e. The molecule has 4 nitrogen and oxygen atoms in total. The van der Waals surface area contributed by atoms with Crippen LogP contribution in [0.25, 0.3) is 0 Å². The zero-order valence-electron chi connectivity index (χ0n) is 12.3. The van der Waals surface area contributed by atoms with Crippen LogP contribution in [-0.4, -0.2) is 16.7 Å². The Balaban J connectivity index is 0.00000161. The van der Waals surface area contributed by atoms with Gasteiger partial charge in [-0.05, 0) is 25.0 Å². The molecule has 0 unspecified atom stereocenters. The number of nitrogens with zero attached hydrogens (tertiary/aromatic N) is 2. The maximum absolute atomic E-state index is 5.77. The van der Waals surface area contributed by atoms with E-state index in [9.17, 15) is 0 Å². The van der Waals surface area contributed by atoms with Gasteiger partial charge in [-0.25, -0.2) is 0 Å². The molecule has 1 aromatic heterocycles. The first-order valence-corrected chi connectivity index (χ1v) is 8.06. The van der Waals surface area contributed by atoms with Crippen LogP contribution in [0.3, 0.4) is 0 Å². The highest BCUT2D eigenvalue weighted by Gasteiger charge is 2.26. The molecule has 2 aromatic rings. The van der Waals surface area contributed by atoms with Gasteiger partial charge in [-0.3, -0.25) is 0 Å². The molecule has 0 spiro atoms. The van der Waals surface area contributed by atoms with Crippen molar-refractivity contribution in [2.45, 2.75) is 43.7 Å². The summed E-state index contributed by atoms with van der Waals surface area (Å²) in [5.41, 5.74) is 3.94. The Morgan fingerprint density at radius 3 is 2.95 bits per heavy atom. The van der Waals surface area contributed by atoms with Crippen LogP contribution in [0.4, 0.5) is 0 Å². The van der Waals surface area contributed by atoms with Crippen LogP contribution in [0.1, 0.15) is 41.5 Å². The summed E-state index contributed by atoms with van der Waals surface area (Å²) in [6.07, 6.45) is 2.38. The Morgan fingerprint density at radius 1 is 1.33 bits per heavy atom. The first kappa shape index (κ1) is 16.3. The third-order valence-electron chi connectivity index (χ3n) is 3.77. The molecule has 0 bridgehead atoms. The van der Waals surface area contributed by atoms with Gasteiger partial charge in [0.1, 0.15) is 0 Å². The third kappa shape index (κ3) is 3.99. The van der Waals surface area contributed by atoms with E-state index in [0.29, 0.717) is 11.3 Å². The lowest BCUT2D eigenvalue weighted by Crippen LogP contribution is -3.00. The summed E-state index contributed by atoms with van der Waals surface area (Å²) < 4.78 is 5.77. The Labute approximate surface area is 135 Å². The molecule has 2 heterocycles. The summed E-state index contributed by atoms with van der Waals surface area (Å²) in [5.74, 6) is 1.66. The molecule has 1 aliphatic rings. The second-order valence-electron chi connectivity index (χ2n) is 5.40. The van der Waals surface area contributed by atoms with Gasteiger partial charge in [0.2, 0.25) is 0 Å². The molecule has 0 saturated carbocycles. The third-order valence-corrected chi connectivity index (χ3v) is 4.63. The fourth-order valence-corrected chi connectivity index (χ4v) is 3.36. The summed E-state index contributed by atoms with van der Waals surface area (Å²) in [5, 5.41) is 11.3. The first-order chi connectivity index (χ1) is 9.72. The Hall–Kier alpha value is -1.04. The van der Waals surface area contributed by atoms with Crippen molar-refractivity contribution in [3.8, 4) is 0 Å². The molecule has 2 N–H and O–H groups in total. The summed E-state index contributed by atoms with van der Waals surface area (Å²) in [4.78, 5) is 0. The fourth-order valence-electron chi connectivity index (χ4n) is 2.52. The van der Waals surface area contributed by atoms with Gasteiger partial charge in [0.05, 0.1) is 6.54 Å². The van der Waals surface area contributed by atoms with Crippen LogP contribution >= 0.6 is 11.8 Å². The fraction of sp³-hybridized carbons (Fsp3) is 0.467. The number of hydrogen-bond acceptors (Lipinski definition) is 4. The molecule has 1 saturated heterocycles. The van der Waals surface area contributed by atoms with Crippen LogP contribution in [0.15, 0.2) is 27.8 Å². The lowest BCUT2D eigenvalue weighted by Gasteiger charge is -2.05. The minimum absolute atomic E-state index is 0. The molecular weight excluding hydrogens is 306 g/mol. The normalized spacial score (nSPS) is 17.7. The monoisotopic (exact) mass is 325 g/mol. The number of nitrogens with two attached hydrogens (primary N) is 1. The highest BCUT2D eigenvalue weighted by Crippen LogP contribution is 2.26. The predicted molar refractivity (Wildman–Crippen MR) is 78.5 cm³/mol. The van der Waals surface area contributed by atoms with E-state index in [0.717, 1.165) is 24.6 Å². The molecule has 1 aromatic carbocycles. The SMILES string of the molecule is Cc1ccc(C)c(CSc2nnc([C@@H]3CCC[NH2+]3)o2)c1.[Cl-]. The molecule has 0 radical (unpaired) electrons. The van der Waals surface area contributed by atoms with Crippen LogP contribution < -0.4 is 17.7 Å². The van der Waals surface area contributed by atoms with Gasteiger partial charge in [-0.1, -0.05) is 35.5 Å². The molecule has 1 atom stereocenters. The zero-order chi connectivity index (χ0) is 13.9. The topological polar surface area (TPSA) is 55.5 Å². The number of quaternary nitrogens is 1. The standard InChI is InChI=1S/C15H19N3OS.ClH/c1-10-5-6-11(2)12(8-10)9-20-15-18-17-14(19-15)13-4-3-7-16-13;/h5-6,8,13,16H,3-4,7,9H2,1-2H3;1H/t13-;/m0./s1. The average molecular weight is 326 g/mol. The van der Waals surface area contributed by atoms with Gasteiger partial charge in [0.25, 0.3) is 11.1 Å². The van der Waals surface area contributed by atoms with E-state index in [2.05, 4.69) is 47.6 Å². The lowest BCUT2D eigenvalue weighted by atomic mass is 10.1. The largest absolute Gasteiger partial charge is 1.00 e. The second-order valence-corrected chi connectivity index (χ2v) is 6.32. The molecular formula is C15H20ClN3OS. The molecule has 1 aliphatic heterocycles. The van der Waals surface area contributed by atoms with Crippen LogP contribution in [-0.2, 0) is 5.75 Å². The summed E-state index contributed by atoms with van der Waals surface area (Å²) in [6, 6.07) is 6.91. The van der Waals surface area contributed by atoms with Crippen molar-refractivity contribution >= 4 is 11.8 Å². The second kappa shape index (κ2) is 7.29. The molecule has 0 amide bonds. The lowest BCUT2D eigenvalue weighted by molar-refractivity contribution is -0.678. The van der Waals surface area contributed by atoms with Gasteiger partial charge in [-0.15, -0.1) is 10.2 Å². The van der Waals surface area contributed by atoms with Crippen molar-refractivity contribution < 1.29 is 22.1 Å². The van der Waals surface area contributed by atoms with Crippen LogP contribution in [0.5, 0.6) is 0 Å². The number of aryl methyl sites for hydroxylation is 2. The van der Waals surface area contributed by atoms with E-state index in [1.54, 1.807) is 11.8 Å². The van der Waals surface area contributed by atoms with Gasteiger partial charge in [0.15, 0.2) is 6.04 Å². The van der Waals surface area contributed by atoms with Gasteiger partial charge < -0.3 is 22.1 Å². The Bertz CT molecular complexity index is 596. The smallest absolute Gasteiger partial charge is 0.277 e. The van der Waals surface area contributed by atoms with Crippen LogP contribution in [0, 0.1) is 13.8 Å². The van der Waals surface area contributed by atoms with Crippen molar-refractivity contribution in [3.63, 3.8) is 0 Å². The quantitative estimate of drug-likeness (QED) is 0.761. The Morgan fingerprint density at radius 2 is 2.19 bits per heavy atom. The Kier molecular flexibility index (Phi) is 5.67. The van der Waals surface area contributed by atoms with E-state index in [1.807, 2.05) is 0 Å².